The van der Waals surface area contributed by atoms with Crippen molar-refractivity contribution in [1.82, 2.24) is 15.5 Å². The number of carboxylic acid groups (broad SMARTS) is 2. The van der Waals surface area contributed by atoms with Gasteiger partial charge in [0.2, 0.25) is 11.8 Å². The molecular weight excluding hydrogens is 508 g/mol. The molecule has 0 unspecified atom stereocenters. The topological polar surface area (TPSA) is 199 Å². The number of phenols is 1. The van der Waals surface area contributed by atoms with E-state index in [1.807, 2.05) is 0 Å². The van der Waals surface area contributed by atoms with E-state index in [4.69, 9.17) is 5.73 Å². The number of benzene rings is 1. The first-order valence-electron chi connectivity index (χ1n) is 13.5. The molecule has 1 aliphatic carbocycles. The summed E-state index contributed by atoms with van der Waals surface area (Å²) in [5.74, 6) is -4.44. The second kappa shape index (κ2) is 13.9. The van der Waals surface area contributed by atoms with Gasteiger partial charge in [0.1, 0.15) is 23.9 Å². The lowest BCUT2D eigenvalue weighted by molar-refractivity contribution is -0.150. The Hall–Kier alpha value is -3.67. The molecule has 5 atom stereocenters. The second-order valence-electron chi connectivity index (χ2n) is 10.3. The molecule has 1 aliphatic heterocycles. The van der Waals surface area contributed by atoms with Gasteiger partial charge in [0.25, 0.3) is 5.91 Å². The molecule has 0 radical (unpaired) electrons. The lowest BCUT2D eigenvalue weighted by atomic mass is 9.84. The van der Waals surface area contributed by atoms with Crippen molar-refractivity contribution >= 4 is 29.7 Å². The van der Waals surface area contributed by atoms with Crippen LogP contribution in [0.15, 0.2) is 24.3 Å². The van der Waals surface area contributed by atoms with Crippen LogP contribution in [0.1, 0.15) is 74.6 Å². The van der Waals surface area contributed by atoms with E-state index in [1.165, 1.54) is 17.0 Å². The first-order valence-corrected chi connectivity index (χ1v) is 13.5. The molecule has 1 heterocycles. The zero-order valence-electron chi connectivity index (χ0n) is 21.9. The van der Waals surface area contributed by atoms with Crippen LogP contribution in [0.4, 0.5) is 0 Å². The molecule has 1 saturated carbocycles. The number of nitrogens with zero attached hydrogens (tertiary/aromatic N) is 1. The molecule has 12 nitrogen and oxygen atoms in total. The number of hydrogen-bond acceptors (Lipinski definition) is 7. The Labute approximate surface area is 226 Å². The molecular formula is C27H38N4O8. The van der Waals surface area contributed by atoms with Gasteiger partial charge in [0.15, 0.2) is 0 Å². The predicted octanol–water partition coefficient (Wildman–Crippen LogP) is 1.21. The number of phenolic OH excluding ortho intramolecular Hbond substituents is 1. The minimum atomic E-state index is -1.42. The first kappa shape index (κ1) is 29.9. The Kier molecular flexibility index (Phi) is 10.7. The molecule has 7 N–H and O–H groups in total. The Morgan fingerprint density at radius 2 is 1.69 bits per heavy atom. The Morgan fingerprint density at radius 3 is 2.36 bits per heavy atom. The van der Waals surface area contributed by atoms with Gasteiger partial charge >= 0.3 is 11.9 Å². The van der Waals surface area contributed by atoms with Crippen LogP contribution in [0.5, 0.6) is 5.75 Å². The van der Waals surface area contributed by atoms with Gasteiger partial charge in [-0.1, -0.05) is 25.0 Å². The van der Waals surface area contributed by atoms with Gasteiger partial charge in [-0.15, -0.1) is 0 Å². The third-order valence-electron chi connectivity index (χ3n) is 7.64. The fraction of sp³-hybridized carbons (Fsp3) is 0.593. The third kappa shape index (κ3) is 7.69. The molecule has 0 bridgehead atoms. The van der Waals surface area contributed by atoms with Crippen molar-refractivity contribution in [3.8, 4) is 5.75 Å². The number of aromatic hydroxyl groups is 1. The normalized spacial score (nSPS) is 21.9. The van der Waals surface area contributed by atoms with Crippen LogP contribution >= 0.6 is 0 Å². The number of hydrogen-bond donors (Lipinski definition) is 6. The maximum atomic E-state index is 13.1. The van der Waals surface area contributed by atoms with E-state index in [-0.39, 0.29) is 42.5 Å². The molecule has 214 valence electrons. The molecule has 2 aliphatic rings. The lowest BCUT2D eigenvalue weighted by Gasteiger charge is -2.33. The zero-order valence-corrected chi connectivity index (χ0v) is 21.9. The summed E-state index contributed by atoms with van der Waals surface area (Å²) in [5.41, 5.74) is 5.51. The first-order chi connectivity index (χ1) is 18.6. The molecule has 1 saturated heterocycles. The van der Waals surface area contributed by atoms with Crippen molar-refractivity contribution in [2.24, 2.45) is 11.7 Å². The highest BCUT2D eigenvalue weighted by Crippen LogP contribution is 2.40. The molecule has 0 aromatic heterocycles. The van der Waals surface area contributed by atoms with Crippen molar-refractivity contribution in [3.05, 3.63) is 29.8 Å². The Balaban J connectivity index is 1.66. The molecule has 3 amide bonds. The smallest absolute Gasteiger partial charge is 0.326 e. The lowest BCUT2D eigenvalue weighted by Crippen LogP contribution is -2.52. The molecule has 2 fully saturated rings. The van der Waals surface area contributed by atoms with Crippen LogP contribution in [-0.2, 0) is 19.2 Å². The highest BCUT2D eigenvalue weighted by Gasteiger charge is 2.47. The summed E-state index contributed by atoms with van der Waals surface area (Å²) < 4.78 is 0. The van der Waals surface area contributed by atoms with Crippen LogP contribution in [0.3, 0.4) is 0 Å². The number of nitrogens with two attached hydrogens (primary N) is 1. The van der Waals surface area contributed by atoms with Crippen molar-refractivity contribution in [2.45, 2.75) is 88.4 Å². The minimum absolute atomic E-state index is 0.0332. The van der Waals surface area contributed by atoms with Crippen molar-refractivity contribution < 1.29 is 39.3 Å². The Morgan fingerprint density at radius 1 is 0.974 bits per heavy atom. The fourth-order valence-corrected chi connectivity index (χ4v) is 5.63. The third-order valence-corrected chi connectivity index (χ3v) is 7.64. The van der Waals surface area contributed by atoms with Crippen molar-refractivity contribution in [3.63, 3.8) is 0 Å². The SMILES string of the molecule is NCCCC[C@H](NC(=O)c1ccccc1O)C(=O)N[C@H](CCC(=O)N1[C@H](C(=O)O)C[C@@H]2CCCC[C@@H]21)C(=O)O. The fourth-order valence-electron chi connectivity index (χ4n) is 5.63. The van der Waals surface area contributed by atoms with E-state index in [9.17, 15) is 39.3 Å². The number of likely N-dealkylation sites (tertiary alicyclic amines) is 1. The summed E-state index contributed by atoms with van der Waals surface area (Å²) in [6, 6.07) is 2.21. The van der Waals surface area contributed by atoms with Crippen LogP contribution < -0.4 is 16.4 Å². The molecule has 1 aromatic rings. The van der Waals surface area contributed by atoms with E-state index in [0.29, 0.717) is 25.8 Å². The largest absolute Gasteiger partial charge is 0.507 e. The summed E-state index contributed by atoms with van der Waals surface area (Å²) >= 11 is 0. The van der Waals surface area contributed by atoms with Crippen molar-refractivity contribution in [2.75, 3.05) is 6.54 Å². The van der Waals surface area contributed by atoms with E-state index < -0.39 is 47.8 Å². The van der Waals surface area contributed by atoms with Crippen LogP contribution in [-0.4, -0.2) is 80.6 Å². The van der Waals surface area contributed by atoms with Crippen LogP contribution in [0, 0.1) is 5.92 Å². The molecule has 12 heteroatoms. The van der Waals surface area contributed by atoms with E-state index in [2.05, 4.69) is 10.6 Å². The molecule has 0 spiro atoms. The number of unbranched alkanes of at least 4 members (excludes halogenated alkanes) is 1. The summed E-state index contributed by atoms with van der Waals surface area (Å²) in [6.07, 6.45) is 4.66. The quantitative estimate of drug-likeness (QED) is 0.197. The summed E-state index contributed by atoms with van der Waals surface area (Å²) in [4.78, 5) is 64.1. The predicted molar refractivity (Wildman–Crippen MR) is 140 cm³/mol. The average Bonchev–Trinajstić information content (AvgIpc) is 3.30. The number of fused-ring (bicyclic) bond motifs is 1. The minimum Gasteiger partial charge on any atom is -0.507 e. The van der Waals surface area contributed by atoms with Gasteiger partial charge in [-0.25, -0.2) is 9.59 Å². The van der Waals surface area contributed by atoms with Crippen LogP contribution in [0.2, 0.25) is 0 Å². The van der Waals surface area contributed by atoms with Gasteiger partial charge in [0, 0.05) is 12.5 Å². The zero-order chi connectivity index (χ0) is 28.5. The number of carboxylic acids is 2. The van der Waals surface area contributed by atoms with E-state index >= 15 is 0 Å². The van der Waals surface area contributed by atoms with Gasteiger partial charge in [0.05, 0.1) is 5.56 Å². The number of amides is 3. The molecule has 3 rings (SSSR count). The summed E-state index contributed by atoms with van der Waals surface area (Å²) in [5, 5.41) is 34.4. The standard InChI is InChI=1S/C27H38N4O8/c28-14-6-5-9-18(29-24(34)17-8-2-4-11-22(17)32)25(35)30-19(26(36)37)12-13-23(33)31-20-10-3-1-7-16(20)15-21(31)27(38)39/h2,4,8,11,16,18-21,32H,1,3,5-7,9-10,12-15,28H2,(H,29,34)(H,30,35)(H,36,37)(H,38,39)/t16-,18-,19+,20-,21-/m0/s1. The summed E-state index contributed by atoms with van der Waals surface area (Å²) in [6.45, 7) is 0.372. The number of carbonyl (C=O) groups is 5. The van der Waals surface area contributed by atoms with E-state index in [1.54, 1.807) is 12.1 Å². The number of carbonyl (C=O) groups excluding carboxylic acids is 3. The average molecular weight is 547 g/mol. The number of nitrogens with one attached hydrogen (secondary N) is 2. The summed E-state index contributed by atoms with van der Waals surface area (Å²) in [7, 11) is 0. The van der Waals surface area contributed by atoms with Gasteiger partial charge in [-0.05, 0) is 69.5 Å². The monoisotopic (exact) mass is 546 g/mol. The number of aliphatic carboxylic acids is 2. The van der Waals surface area contributed by atoms with Crippen molar-refractivity contribution in [1.29, 1.82) is 0 Å². The molecule has 39 heavy (non-hydrogen) atoms. The number of rotatable bonds is 13. The van der Waals surface area contributed by atoms with Gasteiger partial charge < -0.3 is 36.6 Å². The Bertz CT molecular complexity index is 1060. The van der Waals surface area contributed by atoms with Crippen LogP contribution in [0.25, 0.3) is 0 Å². The molecule has 1 aromatic carbocycles. The van der Waals surface area contributed by atoms with Gasteiger partial charge in [-0.3, -0.25) is 14.4 Å². The van der Waals surface area contributed by atoms with Gasteiger partial charge in [-0.2, -0.15) is 0 Å². The number of para-hydroxylation sites is 1. The second-order valence-corrected chi connectivity index (χ2v) is 10.3. The maximum Gasteiger partial charge on any atom is 0.326 e. The maximum absolute atomic E-state index is 13.1. The van der Waals surface area contributed by atoms with E-state index in [0.717, 1.165) is 25.7 Å². The highest BCUT2D eigenvalue weighted by molar-refractivity contribution is 6.00. The highest BCUT2D eigenvalue weighted by atomic mass is 16.4.